The van der Waals surface area contributed by atoms with E-state index in [0.717, 1.165) is 32.4 Å². The summed E-state index contributed by atoms with van der Waals surface area (Å²) in [6.07, 6.45) is 5.24. The van der Waals surface area contributed by atoms with Gasteiger partial charge in [-0.15, -0.1) is 0 Å². The third kappa shape index (κ3) is 9.07. The van der Waals surface area contributed by atoms with E-state index >= 15 is 0 Å². The summed E-state index contributed by atoms with van der Waals surface area (Å²) in [4.78, 5) is 3.02. The van der Waals surface area contributed by atoms with Crippen LogP contribution in [-0.4, -0.2) is 40.7 Å². The Morgan fingerprint density at radius 1 is 1.19 bits per heavy atom. The molecule has 0 radical (unpaired) electrons. The standard InChI is InChI=1S/C12H26N2OS/c1-11(2)14(9-7-12(13)16)8-5-3-4-6-10-15/h11,15H,3-10H2,1-2H3,(H2,13,16). The molecular weight excluding hydrogens is 220 g/mol. The molecule has 0 atom stereocenters. The Morgan fingerprint density at radius 2 is 1.81 bits per heavy atom. The molecular formula is C12H26N2OS. The van der Waals surface area contributed by atoms with Gasteiger partial charge in [0.25, 0.3) is 0 Å². The van der Waals surface area contributed by atoms with E-state index in [-0.39, 0.29) is 0 Å². The second-order valence-corrected chi connectivity index (χ2v) is 5.01. The van der Waals surface area contributed by atoms with Crippen LogP contribution in [0, 0.1) is 0 Å². The molecule has 0 aromatic heterocycles. The van der Waals surface area contributed by atoms with Gasteiger partial charge in [0.1, 0.15) is 0 Å². The van der Waals surface area contributed by atoms with Crippen LogP contribution in [0.1, 0.15) is 46.0 Å². The van der Waals surface area contributed by atoms with Crippen molar-refractivity contribution in [2.45, 2.75) is 52.0 Å². The topological polar surface area (TPSA) is 49.5 Å². The highest BCUT2D eigenvalue weighted by atomic mass is 32.1. The maximum Gasteiger partial charge on any atom is 0.0740 e. The van der Waals surface area contributed by atoms with Gasteiger partial charge in [-0.2, -0.15) is 0 Å². The Hall–Kier alpha value is -0.190. The van der Waals surface area contributed by atoms with E-state index in [2.05, 4.69) is 18.7 Å². The van der Waals surface area contributed by atoms with Crippen molar-refractivity contribution in [1.82, 2.24) is 4.90 Å². The summed E-state index contributed by atoms with van der Waals surface area (Å²) in [7, 11) is 0. The molecule has 0 bridgehead atoms. The molecule has 4 heteroatoms. The van der Waals surface area contributed by atoms with E-state index in [0.29, 0.717) is 17.6 Å². The van der Waals surface area contributed by atoms with Crippen molar-refractivity contribution >= 4 is 17.2 Å². The Morgan fingerprint density at radius 3 is 2.31 bits per heavy atom. The molecule has 0 fully saturated rings. The monoisotopic (exact) mass is 246 g/mol. The summed E-state index contributed by atoms with van der Waals surface area (Å²) in [6.45, 7) is 6.79. The summed E-state index contributed by atoms with van der Waals surface area (Å²) in [5.41, 5.74) is 5.51. The first kappa shape index (κ1) is 15.8. The lowest BCUT2D eigenvalue weighted by Gasteiger charge is -2.26. The van der Waals surface area contributed by atoms with Crippen LogP contribution in [0.2, 0.25) is 0 Å². The summed E-state index contributed by atoms with van der Waals surface area (Å²) in [5, 5.41) is 8.67. The average Bonchev–Trinajstić information content (AvgIpc) is 2.21. The van der Waals surface area contributed by atoms with Crippen LogP contribution in [0.5, 0.6) is 0 Å². The molecule has 3 N–H and O–H groups in total. The first-order valence-corrected chi connectivity index (χ1v) is 6.62. The molecule has 3 nitrogen and oxygen atoms in total. The maximum atomic E-state index is 8.67. The van der Waals surface area contributed by atoms with Gasteiger partial charge in [0.05, 0.1) is 4.99 Å². The molecule has 0 rings (SSSR count). The summed E-state index contributed by atoms with van der Waals surface area (Å²) in [5.74, 6) is 0. The zero-order valence-corrected chi connectivity index (χ0v) is 11.4. The molecule has 0 aliphatic heterocycles. The second kappa shape index (κ2) is 10.00. The normalized spacial score (nSPS) is 11.3. The maximum absolute atomic E-state index is 8.67. The predicted octanol–water partition coefficient (Wildman–Crippen LogP) is 1.93. The van der Waals surface area contributed by atoms with E-state index in [1.807, 2.05) is 0 Å². The van der Waals surface area contributed by atoms with Gasteiger partial charge >= 0.3 is 0 Å². The number of aliphatic hydroxyl groups excluding tert-OH is 1. The van der Waals surface area contributed by atoms with Crippen molar-refractivity contribution in [3.8, 4) is 0 Å². The smallest absolute Gasteiger partial charge is 0.0740 e. The van der Waals surface area contributed by atoms with Crippen LogP contribution in [0.25, 0.3) is 0 Å². The highest BCUT2D eigenvalue weighted by molar-refractivity contribution is 7.80. The molecule has 0 spiro atoms. The van der Waals surface area contributed by atoms with Gasteiger partial charge in [-0.3, -0.25) is 0 Å². The van der Waals surface area contributed by atoms with E-state index < -0.39 is 0 Å². The Kier molecular flexibility index (Phi) is 9.88. The lowest BCUT2D eigenvalue weighted by molar-refractivity contribution is 0.221. The van der Waals surface area contributed by atoms with E-state index in [9.17, 15) is 0 Å². The number of hydrogen-bond acceptors (Lipinski definition) is 3. The van der Waals surface area contributed by atoms with E-state index in [1.54, 1.807) is 0 Å². The number of aliphatic hydroxyl groups is 1. The number of rotatable bonds is 10. The number of unbranched alkanes of at least 4 members (excludes halogenated alkanes) is 3. The van der Waals surface area contributed by atoms with Crippen LogP contribution < -0.4 is 5.73 Å². The minimum Gasteiger partial charge on any atom is -0.396 e. The number of thiocarbonyl (C=S) groups is 1. The van der Waals surface area contributed by atoms with E-state index in [1.165, 1.54) is 12.8 Å². The van der Waals surface area contributed by atoms with Gasteiger partial charge in [0.2, 0.25) is 0 Å². The number of hydrogen-bond donors (Lipinski definition) is 2. The molecule has 0 aliphatic carbocycles. The molecule has 0 aliphatic rings. The Balaban J connectivity index is 3.64. The zero-order valence-electron chi connectivity index (χ0n) is 10.6. The molecule has 0 saturated carbocycles. The van der Waals surface area contributed by atoms with Crippen LogP contribution in [0.15, 0.2) is 0 Å². The van der Waals surface area contributed by atoms with Gasteiger partial charge < -0.3 is 15.7 Å². The van der Waals surface area contributed by atoms with Gasteiger partial charge in [-0.1, -0.05) is 25.1 Å². The number of nitrogens with two attached hydrogens (primary N) is 1. The SMILES string of the molecule is CC(C)N(CCCCCCO)CCC(N)=S. The first-order chi connectivity index (χ1) is 7.57. The molecule has 0 saturated heterocycles. The molecule has 0 aromatic rings. The van der Waals surface area contributed by atoms with Gasteiger partial charge in [0, 0.05) is 25.6 Å². The van der Waals surface area contributed by atoms with Crippen LogP contribution in [-0.2, 0) is 0 Å². The number of nitrogens with zero attached hydrogens (tertiary/aromatic N) is 1. The Bertz CT molecular complexity index is 186. The van der Waals surface area contributed by atoms with E-state index in [4.69, 9.17) is 23.1 Å². The molecule has 0 heterocycles. The third-order valence-electron chi connectivity index (χ3n) is 2.73. The van der Waals surface area contributed by atoms with Crippen molar-refractivity contribution < 1.29 is 5.11 Å². The lowest BCUT2D eigenvalue weighted by Crippen LogP contribution is -2.34. The van der Waals surface area contributed by atoms with Crippen LogP contribution in [0.3, 0.4) is 0 Å². The van der Waals surface area contributed by atoms with Gasteiger partial charge in [-0.25, -0.2) is 0 Å². The van der Waals surface area contributed by atoms with Crippen molar-refractivity contribution in [3.05, 3.63) is 0 Å². The zero-order chi connectivity index (χ0) is 12.4. The minimum absolute atomic E-state index is 0.315. The highest BCUT2D eigenvalue weighted by Gasteiger charge is 2.08. The van der Waals surface area contributed by atoms with Gasteiger partial charge in [0.15, 0.2) is 0 Å². The fourth-order valence-corrected chi connectivity index (χ4v) is 1.75. The minimum atomic E-state index is 0.315. The highest BCUT2D eigenvalue weighted by Crippen LogP contribution is 2.05. The fraction of sp³-hybridized carbons (Fsp3) is 0.917. The predicted molar refractivity (Wildman–Crippen MR) is 73.7 cm³/mol. The van der Waals surface area contributed by atoms with Crippen molar-refractivity contribution in [2.75, 3.05) is 19.7 Å². The summed E-state index contributed by atoms with van der Waals surface area (Å²) >= 11 is 4.89. The second-order valence-electron chi connectivity index (χ2n) is 4.48. The summed E-state index contributed by atoms with van der Waals surface area (Å²) in [6, 6.07) is 0.548. The van der Waals surface area contributed by atoms with Crippen molar-refractivity contribution in [3.63, 3.8) is 0 Å². The van der Waals surface area contributed by atoms with Crippen LogP contribution >= 0.6 is 12.2 Å². The molecule has 0 aromatic carbocycles. The van der Waals surface area contributed by atoms with Gasteiger partial charge in [-0.05, 0) is 33.2 Å². The molecule has 0 amide bonds. The molecule has 16 heavy (non-hydrogen) atoms. The quantitative estimate of drug-likeness (QED) is 0.457. The molecule has 96 valence electrons. The van der Waals surface area contributed by atoms with Crippen molar-refractivity contribution in [2.24, 2.45) is 5.73 Å². The average molecular weight is 246 g/mol. The Labute approximate surface area is 105 Å². The van der Waals surface area contributed by atoms with Crippen molar-refractivity contribution in [1.29, 1.82) is 0 Å². The first-order valence-electron chi connectivity index (χ1n) is 6.21. The molecule has 0 unspecified atom stereocenters. The third-order valence-corrected chi connectivity index (χ3v) is 2.93. The summed E-state index contributed by atoms with van der Waals surface area (Å²) < 4.78 is 0. The largest absolute Gasteiger partial charge is 0.396 e. The lowest BCUT2D eigenvalue weighted by atomic mass is 10.1. The van der Waals surface area contributed by atoms with Crippen LogP contribution in [0.4, 0.5) is 0 Å². The fourth-order valence-electron chi connectivity index (χ4n) is 1.66.